The van der Waals surface area contributed by atoms with Gasteiger partial charge >= 0.3 is 0 Å². The van der Waals surface area contributed by atoms with E-state index >= 15 is 0 Å². The number of nitrogens with two attached hydrogens (primary N) is 1. The van der Waals surface area contributed by atoms with Crippen molar-refractivity contribution < 1.29 is 9.53 Å². The highest BCUT2D eigenvalue weighted by atomic mass is 32.1. The molecule has 1 saturated carbocycles. The molecule has 5 heteroatoms. The molecule has 1 saturated heterocycles. The van der Waals surface area contributed by atoms with Crippen LogP contribution in [0, 0.1) is 5.92 Å². The first-order valence-corrected chi connectivity index (χ1v) is 6.68. The van der Waals surface area contributed by atoms with Crippen molar-refractivity contribution in [2.75, 3.05) is 6.61 Å². The largest absolute Gasteiger partial charge is 0.391 e. The van der Waals surface area contributed by atoms with Gasteiger partial charge in [-0.25, -0.2) is 0 Å². The van der Waals surface area contributed by atoms with Crippen LogP contribution in [0.5, 0.6) is 0 Å². The fourth-order valence-corrected chi connectivity index (χ4v) is 3.00. The minimum absolute atomic E-state index is 0.0446. The van der Waals surface area contributed by atoms with E-state index in [9.17, 15) is 4.79 Å². The molecule has 2 aliphatic rings. The Morgan fingerprint density at radius 2 is 2.12 bits per heavy atom. The Morgan fingerprint density at radius 3 is 2.59 bits per heavy atom. The number of nitrogens with one attached hydrogen (secondary N) is 1. The van der Waals surface area contributed by atoms with E-state index in [4.69, 9.17) is 22.7 Å². The molecule has 3 N–H and O–H groups in total. The molecule has 1 amide bonds. The average molecular weight is 256 g/mol. The fraction of sp³-hybridized carbons (Fsp3) is 0.833. The van der Waals surface area contributed by atoms with Gasteiger partial charge in [-0.3, -0.25) is 4.79 Å². The molecule has 2 atom stereocenters. The Labute approximate surface area is 107 Å². The fourth-order valence-electron chi connectivity index (χ4n) is 2.75. The van der Waals surface area contributed by atoms with Crippen molar-refractivity contribution in [3.05, 3.63) is 0 Å². The zero-order valence-corrected chi connectivity index (χ0v) is 11.0. The number of ether oxygens (including phenoxy) is 1. The molecule has 0 bridgehead atoms. The molecule has 2 unspecified atom stereocenters. The van der Waals surface area contributed by atoms with Gasteiger partial charge < -0.3 is 15.8 Å². The van der Waals surface area contributed by atoms with Gasteiger partial charge in [0.25, 0.3) is 0 Å². The number of rotatable bonds is 3. The first-order valence-electron chi connectivity index (χ1n) is 6.27. The zero-order valence-electron chi connectivity index (χ0n) is 10.2. The quantitative estimate of drug-likeness (QED) is 0.743. The molecular weight excluding hydrogens is 236 g/mol. The smallest absolute Gasteiger partial charge is 0.226 e. The number of carbonyl (C=O) groups excluding carboxylic acids is 1. The second-order valence-corrected chi connectivity index (χ2v) is 5.66. The maximum atomic E-state index is 12.2. The molecule has 0 aromatic rings. The lowest BCUT2D eigenvalue weighted by Gasteiger charge is -2.30. The van der Waals surface area contributed by atoms with Crippen LogP contribution >= 0.6 is 12.2 Å². The van der Waals surface area contributed by atoms with E-state index in [-0.39, 0.29) is 17.9 Å². The predicted molar refractivity (Wildman–Crippen MR) is 69.6 cm³/mol. The molecule has 1 heterocycles. The highest BCUT2D eigenvalue weighted by Crippen LogP contribution is 2.31. The molecule has 1 aliphatic heterocycles. The Kier molecular flexibility index (Phi) is 3.68. The van der Waals surface area contributed by atoms with Crippen LogP contribution in [0.1, 0.15) is 39.0 Å². The molecule has 0 aromatic carbocycles. The molecule has 4 nitrogen and oxygen atoms in total. The SMILES string of the molecule is CC1CC(C(=O)NC2(C(N)=S)CCCC2)CO1. The summed E-state index contributed by atoms with van der Waals surface area (Å²) in [5.74, 6) is 0.000810. The summed E-state index contributed by atoms with van der Waals surface area (Å²) < 4.78 is 5.42. The van der Waals surface area contributed by atoms with Gasteiger partial charge in [0.1, 0.15) is 0 Å². The lowest BCUT2D eigenvalue weighted by molar-refractivity contribution is -0.126. The molecule has 0 radical (unpaired) electrons. The third-order valence-corrected chi connectivity index (χ3v) is 4.25. The van der Waals surface area contributed by atoms with Crippen molar-refractivity contribution in [3.63, 3.8) is 0 Å². The monoisotopic (exact) mass is 256 g/mol. The molecule has 1 aliphatic carbocycles. The second-order valence-electron chi connectivity index (χ2n) is 5.22. The van der Waals surface area contributed by atoms with Crippen molar-refractivity contribution in [1.82, 2.24) is 5.32 Å². The summed E-state index contributed by atoms with van der Waals surface area (Å²) in [7, 11) is 0. The van der Waals surface area contributed by atoms with Crippen LogP contribution in [0.25, 0.3) is 0 Å². The van der Waals surface area contributed by atoms with E-state index in [0.29, 0.717) is 11.6 Å². The first kappa shape index (κ1) is 12.8. The Morgan fingerprint density at radius 1 is 1.47 bits per heavy atom. The number of thiocarbonyl (C=S) groups is 1. The van der Waals surface area contributed by atoms with E-state index in [1.165, 1.54) is 0 Å². The van der Waals surface area contributed by atoms with Crippen LogP contribution < -0.4 is 11.1 Å². The van der Waals surface area contributed by atoms with E-state index < -0.39 is 5.54 Å². The highest BCUT2D eigenvalue weighted by Gasteiger charge is 2.40. The lowest BCUT2D eigenvalue weighted by Crippen LogP contribution is -2.56. The average Bonchev–Trinajstić information content (AvgIpc) is 2.87. The molecule has 96 valence electrons. The van der Waals surface area contributed by atoms with Gasteiger partial charge in [0.15, 0.2) is 0 Å². The van der Waals surface area contributed by atoms with Gasteiger partial charge in [0.05, 0.1) is 29.2 Å². The van der Waals surface area contributed by atoms with Gasteiger partial charge in [0.2, 0.25) is 5.91 Å². The Hall–Kier alpha value is -0.680. The van der Waals surface area contributed by atoms with Crippen molar-refractivity contribution >= 4 is 23.1 Å². The molecule has 17 heavy (non-hydrogen) atoms. The predicted octanol–water partition coefficient (Wildman–Crippen LogP) is 1.13. The zero-order chi connectivity index (χ0) is 12.5. The Balaban J connectivity index is 1.99. The van der Waals surface area contributed by atoms with Crippen LogP contribution in [0.3, 0.4) is 0 Å². The first-order chi connectivity index (χ1) is 8.03. The van der Waals surface area contributed by atoms with Crippen molar-refractivity contribution in [3.8, 4) is 0 Å². The summed E-state index contributed by atoms with van der Waals surface area (Å²) in [6, 6.07) is 0. The van der Waals surface area contributed by atoms with Crippen LogP contribution in [0.15, 0.2) is 0 Å². The van der Waals surface area contributed by atoms with E-state index in [1.54, 1.807) is 0 Å². The van der Waals surface area contributed by atoms with Crippen LogP contribution in [0.2, 0.25) is 0 Å². The highest BCUT2D eigenvalue weighted by molar-refractivity contribution is 7.80. The number of hydrogen-bond acceptors (Lipinski definition) is 3. The van der Waals surface area contributed by atoms with Crippen LogP contribution in [-0.2, 0) is 9.53 Å². The van der Waals surface area contributed by atoms with E-state index in [2.05, 4.69) is 5.32 Å². The van der Waals surface area contributed by atoms with Crippen LogP contribution in [0.4, 0.5) is 0 Å². The van der Waals surface area contributed by atoms with Gasteiger partial charge in [-0.1, -0.05) is 25.1 Å². The van der Waals surface area contributed by atoms with Crippen molar-refractivity contribution in [1.29, 1.82) is 0 Å². The summed E-state index contributed by atoms with van der Waals surface area (Å²) >= 11 is 5.12. The van der Waals surface area contributed by atoms with E-state index in [1.807, 2.05) is 6.92 Å². The van der Waals surface area contributed by atoms with E-state index in [0.717, 1.165) is 32.1 Å². The molecule has 2 fully saturated rings. The number of amides is 1. The maximum Gasteiger partial charge on any atom is 0.226 e. The Bertz CT molecular complexity index is 326. The summed E-state index contributed by atoms with van der Waals surface area (Å²) in [5, 5.41) is 3.07. The molecule has 0 aromatic heterocycles. The van der Waals surface area contributed by atoms with Gasteiger partial charge in [-0.2, -0.15) is 0 Å². The lowest BCUT2D eigenvalue weighted by atomic mass is 9.95. The summed E-state index contributed by atoms with van der Waals surface area (Å²) in [4.78, 5) is 12.6. The molecular formula is C12H20N2O2S. The van der Waals surface area contributed by atoms with Gasteiger partial charge in [0, 0.05) is 0 Å². The van der Waals surface area contributed by atoms with Crippen LogP contribution in [-0.4, -0.2) is 29.1 Å². The third-order valence-electron chi connectivity index (χ3n) is 3.86. The van der Waals surface area contributed by atoms with Crippen molar-refractivity contribution in [2.24, 2.45) is 11.7 Å². The standard InChI is InChI=1S/C12H20N2O2S/c1-8-6-9(7-16-8)10(15)14-12(11(13)17)4-2-3-5-12/h8-9H,2-7H2,1H3,(H2,13,17)(H,14,15). The normalized spacial score (nSPS) is 31.4. The summed E-state index contributed by atoms with van der Waals surface area (Å²) in [6.45, 7) is 2.51. The van der Waals surface area contributed by atoms with Crippen molar-refractivity contribution in [2.45, 2.75) is 50.7 Å². The number of hydrogen-bond donors (Lipinski definition) is 2. The number of carbonyl (C=O) groups is 1. The minimum atomic E-state index is -0.432. The third kappa shape index (κ3) is 2.60. The minimum Gasteiger partial charge on any atom is -0.391 e. The van der Waals surface area contributed by atoms with Gasteiger partial charge in [-0.15, -0.1) is 0 Å². The van der Waals surface area contributed by atoms with Gasteiger partial charge in [-0.05, 0) is 26.2 Å². The topological polar surface area (TPSA) is 64.4 Å². The maximum absolute atomic E-state index is 12.2. The molecule has 0 spiro atoms. The molecule has 2 rings (SSSR count). The summed E-state index contributed by atoms with van der Waals surface area (Å²) in [5.41, 5.74) is 5.36. The second kappa shape index (κ2) is 4.90. The summed E-state index contributed by atoms with van der Waals surface area (Å²) in [6.07, 6.45) is 4.87.